The molecule has 37 heavy (non-hydrogen) atoms. The van der Waals surface area contributed by atoms with Crippen molar-refractivity contribution in [3.63, 3.8) is 0 Å². The van der Waals surface area contributed by atoms with Crippen molar-refractivity contribution in [1.82, 2.24) is 0 Å². The lowest BCUT2D eigenvalue weighted by molar-refractivity contribution is -0.206. The number of rotatable bonds is 12. The lowest BCUT2D eigenvalue weighted by Crippen LogP contribution is -2.27. The number of unbranched alkanes of at least 4 members (excludes halogenated alkanes) is 5. The van der Waals surface area contributed by atoms with Gasteiger partial charge in [-0.3, -0.25) is 0 Å². The molecular weight excluding hydrogens is 454 g/mol. The molecule has 1 saturated heterocycles. The van der Waals surface area contributed by atoms with E-state index in [1.54, 1.807) is 0 Å². The third-order valence-corrected chi connectivity index (χ3v) is 8.77. The number of hydrogen-bond acceptors (Lipinski definition) is 3. The molecule has 3 heteroatoms. The second-order valence-electron chi connectivity index (χ2n) is 11.6. The van der Waals surface area contributed by atoms with Crippen molar-refractivity contribution in [3.8, 4) is 17.2 Å². The Balaban J connectivity index is 1.25. The van der Waals surface area contributed by atoms with Crippen molar-refractivity contribution in [1.29, 1.82) is 5.26 Å². The molecular formula is C34H47NO2. The molecule has 3 nitrogen and oxygen atoms in total. The molecule has 200 valence electrons. The van der Waals surface area contributed by atoms with Crippen LogP contribution < -0.4 is 0 Å². The highest BCUT2D eigenvalue weighted by molar-refractivity contribution is 5.64. The fourth-order valence-electron chi connectivity index (χ4n) is 6.16. The van der Waals surface area contributed by atoms with E-state index < -0.39 is 0 Å². The largest absolute Gasteiger partial charge is 0.348 e. The molecule has 1 aliphatic heterocycles. The fourth-order valence-corrected chi connectivity index (χ4v) is 6.16. The molecule has 0 spiro atoms. The summed E-state index contributed by atoms with van der Waals surface area (Å²) < 4.78 is 12.2. The Morgan fingerprint density at radius 3 is 1.89 bits per heavy atom. The van der Waals surface area contributed by atoms with Gasteiger partial charge in [-0.25, -0.2) is 0 Å². The second-order valence-corrected chi connectivity index (χ2v) is 11.6. The molecule has 1 saturated carbocycles. The van der Waals surface area contributed by atoms with Gasteiger partial charge in [-0.05, 0) is 61.1 Å². The Bertz CT molecular complexity index is 958. The first-order valence-electron chi connectivity index (χ1n) is 15.0. The summed E-state index contributed by atoms with van der Waals surface area (Å²) >= 11 is 0. The minimum Gasteiger partial charge on any atom is -0.348 e. The average molecular weight is 502 g/mol. The van der Waals surface area contributed by atoms with Crippen LogP contribution >= 0.6 is 0 Å². The van der Waals surface area contributed by atoms with E-state index in [2.05, 4.69) is 68.4 Å². The normalized spacial score (nSPS) is 26.0. The Hall–Kier alpha value is -2.15. The van der Waals surface area contributed by atoms with E-state index in [0.717, 1.165) is 50.9 Å². The average Bonchev–Trinajstić information content (AvgIpc) is 2.97. The first-order valence-corrected chi connectivity index (χ1v) is 15.0. The van der Waals surface area contributed by atoms with Gasteiger partial charge in [0, 0.05) is 11.5 Å². The van der Waals surface area contributed by atoms with Gasteiger partial charge in [0.15, 0.2) is 6.29 Å². The van der Waals surface area contributed by atoms with Crippen molar-refractivity contribution < 1.29 is 9.47 Å². The first kappa shape index (κ1) is 27.9. The second kappa shape index (κ2) is 14.1. The van der Waals surface area contributed by atoms with Crippen LogP contribution in [0.5, 0.6) is 0 Å². The lowest BCUT2D eigenvalue weighted by atomic mass is 9.67. The molecule has 0 N–H and O–H groups in total. The molecule has 1 aliphatic carbocycles. The number of hydrogen-bond donors (Lipinski definition) is 0. The molecule has 0 amide bonds. The number of ether oxygens (including phenoxy) is 2. The highest BCUT2D eigenvalue weighted by atomic mass is 16.7. The predicted molar refractivity (Wildman–Crippen MR) is 152 cm³/mol. The van der Waals surface area contributed by atoms with Crippen LogP contribution in [0.25, 0.3) is 11.1 Å². The molecule has 2 aromatic carbocycles. The van der Waals surface area contributed by atoms with Gasteiger partial charge in [0.25, 0.3) is 0 Å². The van der Waals surface area contributed by atoms with Gasteiger partial charge in [-0.15, -0.1) is 0 Å². The molecule has 0 bridgehead atoms. The van der Waals surface area contributed by atoms with Crippen molar-refractivity contribution in [2.75, 3.05) is 13.2 Å². The van der Waals surface area contributed by atoms with Crippen molar-refractivity contribution in [2.45, 2.75) is 110 Å². The van der Waals surface area contributed by atoms with E-state index in [0.29, 0.717) is 11.8 Å². The summed E-state index contributed by atoms with van der Waals surface area (Å²) in [5.41, 5.74) is 4.92. The Labute approximate surface area is 225 Å². The molecule has 0 unspecified atom stereocenters. The van der Waals surface area contributed by atoms with Gasteiger partial charge in [-0.1, -0.05) is 107 Å². The van der Waals surface area contributed by atoms with Crippen LogP contribution in [0.1, 0.15) is 121 Å². The molecule has 2 aromatic rings. The topological polar surface area (TPSA) is 42.2 Å². The Morgan fingerprint density at radius 2 is 1.32 bits per heavy atom. The van der Waals surface area contributed by atoms with Crippen LogP contribution in [0.15, 0.2) is 48.5 Å². The van der Waals surface area contributed by atoms with Crippen LogP contribution in [0.3, 0.4) is 0 Å². The van der Waals surface area contributed by atoms with Crippen LogP contribution in [-0.2, 0) is 9.47 Å². The highest BCUT2D eigenvalue weighted by Crippen LogP contribution is 2.45. The minimum atomic E-state index is -0.239. The van der Waals surface area contributed by atoms with Crippen LogP contribution in [0, 0.1) is 22.7 Å². The molecule has 4 rings (SSSR count). The lowest BCUT2D eigenvalue weighted by Gasteiger charge is -2.35. The van der Waals surface area contributed by atoms with Crippen molar-refractivity contribution in [2.24, 2.45) is 11.3 Å². The maximum absolute atomic E-state index is 9.79. The van der Waals surface area contributed by atoms with Gasteiger partial charge in [0.05, 0.1) is 24.7 Å². The van der Waals surface area contributed by atoms with E-state index >= 15 is 0 Å². The minimum absolute atomic E-state index is 0.0743. The highest BCUT2D eigenvalue weighted by Gasteiger charge is 2.35. The Kier molecular flexibility index (Phi) is 10.6. The number of nitriles is 1. The molecule has 1 heterocycles. The van der Waals surface area contributed by atoms with E-state index in [1.807, 2.05) is 0 Å². The summed E-state index contributed by atoms with van der Waals surface area (Å²) in [5.74, 6) is 1.12. The zero-order valence-electron chi connectivity index (χ0n) is 23.2. The summed E-state index contributed by atoms with van der Waals surface area (Å²) in [6.45, 7) is 6.09. The summed E-state index contributed by atoms with van der Waals surface area (Å²) in [4.78, 5) is 0. The van der Waals surface area contributed by atoms with E-state index in [9.17, 15) is 5.26 Å². The molecule has 2 aliphatic rings. The summed E-state index contributed by atoms with van der Waals surface area (Å²) in [7, 11) is 0. The molecule has 0 aromatic heterocycles. The van der Waals surface area contributed by atoms with E-state index in [4.69, 9.17) is 9.47 Å². The monoisotopic (exact) mass is 501 g/mol. The van der Waals surface area contributed by atoms with E-state index in [-0.39, 0.29) is 11.7 Å². The number of benzene rings is 2. The van der Waals surface area contributed by atoms with E-state index in [1.165, 1.54) is 68.1 Å². The maximum atomic E-state index is 9.79. The van der Waals surface area contributed by atoms with Gasteiger partial charge >= 0.3 is 0 Å². The van der Waals surface area contributed by atoms with Crippen molar-refractivity contribution >= 4 is 0 Å². The third kappa shape index (κ3) is 7.68. The zero-order chi connectivity index (χ0) is 25.9. The molecule has 0 atom stereocenters. The van der Waals surface area contributed by atoms with Crippen LogP contribution in [-0.4, -0.2) is 13.2 Å². The quantitative estimate of drug-likeness (QED) is 0.272. The SMILES string of the molecule is CCCCCCCC1COC(c2ccc(-c3ccc(C4CCC(C#N)(CCCC)CC4)cc3)cc2)OC1. The summed E-state index contributed by atoms with van der Waals surface area (Å²) in [6, 6.07) is 20.5. The van der Waals surface area contributed by atoms with Gasteiger partial charge < -0.3 is 9.47 Å². The first-order chi connectivity index (χ1) is 18.2. The maximum Gasteiger partial charge on any atom is 0.183 e. The number of nitrogens with zero attached hydrogens (tertiary/aromatic N) is 1. The van der Waals surface area contributed by atoms with Gasteiger partial charge in [0.1, 0.15) is 0 Å². The van der Waals surface area contributed by atoms with Crippen LogP contribution in [0.4, 0.5) is 0 Å². The predicted octanol–water partition coefficient (Wildman–Crippen LogP) is 9.73. The standard InChI is InChI=1S/C34H47NO2/c1-3-5-7-8-9-10-27-24-36-33(37-25-27)32-17-15-29(16-18-32)28-11-13-30(14-12-28)31-19-22-34(26-35,23-20-31)21-6-4-2/h11-18,27,31,33H,3-10,19-25H2,1-2H3. The fraction of sp³-hybridized carbons (Fsp3) is 0.618. The summed E-state index contributed by atoms with van der Waals surface area (Å²) in [5, 5.41) is 9.79. The van der Waals surface area contributed by atoms with Crippen molar-refractivity contribution in [3.05, 3.63) is 59.7 Å². The third-order valence-electron chi connectivity index (χ3n) is 8.77. The molecule has 0 radical (unpaired) electrons. The van der Waals surface area contributed by atoms with Crippen LogP contribution in [0.2, 0.25) is 0 Å². The zero-order valence-corrected chi connectivity index (χ0v) is 23.2. The molecule has 2 fully saturated rings. The summed E-state index contributed by atoms with van der Waals surface area (Å²) in [6.07, 6.45) is 15.4. The van der Waals surface area contributed by atoms with Gasteiger partial charge in [0.2, 0.25) is 0 Å². The Morgan fingerprint density at radius 1 is 0.757 bits per heavy atom. The smallest absolute Gasteiger partial charge is 0.183 e. The van der Waals surface area contributed by atoms with Gasteiger partial charge in [-0.2, -0.15) is 5.26 Å².